The molecular weight excluding hydrogens is 256 g/mol. The minimum atomic E-state index is -3.21. The summed E-state index contributed by atoms with van der Waals surface area (Å²) in [6.45, 7) is 1.56. The van der Waals surface area contributed by atoms with Crippen LogP contribution in [0.4, 0.5) is 5.69 Å². The maximum absolute atomic E-state index is 11.5. The lowest BCUT2D eigenvalue weighted by atomic mass is 10.3. The number of primary amides is 1. The first-order valence-corrected chi connectivity index (χ1v) is 7.06. The minimum Gasteiger partial charge on any atom is -0.382 e. The normalized spacial score (nSPS) is 13.0. The zero-order valence-electron chi connectivity index (χ0n) is 9.96. The van der Waals surface area contributed by atoms with Crippen molar-refractivity contribution in [2.24, 2.45) is 5.73 Å². The van der Waals surface area contributed by atoms with E-state index >= 15 is 0 Å². The molecule has 1 aromatic carbocycles. The molecule has 0 saturated heterocycles. The van der Waals surface area contributed by atoms with Gasteiger partial charge in [-0.25, -0.2) is 8.42 Å². The summed E-state index contributed by atoms with van der Waals surface area (Å²) >= 11 is 0. The molecule has 100 valence electrons. The third-order valence-corrected chi connectivity index (χ3v) is 4.17. The number of nitrogens with one attached hydrogen (secondary N) is 1. The SMILES string of the molecule is CCS(=O)(=O)c1ccc(NCC(O)C(N)=O)cc1. The summed E-state index contributed by atoms with van der Waals surface area (Å²) in [6.07, 6.45) is -1.27. The highest BCUT2D eigenvalue weighted by Crippen LogP contribution is 2.15. The molecule has 0 radical (unpaired) electrons. The number of nitrogens with two attached hydrogens (primary N) is 1. The Morgan fingerprint density at radius 2 is 1.94 bits per heavy atom. The molecule has 0 aliphatic carbocycles. The average molecular weight is 272 g/mol. The Labute approximate surface area is 106 Å². The summed E-state index contributed by atoms with van der Waals surface area (Å²) in [7, 11) is -3.21. The van der Waals surface area contributed by atoms with Crippen LogP contribution in [0.3, 0.4) is 0 Å². The first-order valence-electron chi connectivity index (χ1n) is 5.41. The smallest absolute Gasteiger partial charge is 0.248 e. The molecule has 7 heteroatoms. The van der Waals surface area contributed by atoms with E-state index in [1.165, 1.54) is 12.1 Å². The van der Waals surface area contributed by atoms with Crippen LogP contribution in [0.1, 0.15) is 6.92 Å². The number of amides is 1. The highest BCUT2D eigenvalue weighted by Gasteiger charge is 2.12. The van der Waals surface area contributed by atoms with Gasteiger partial charge in [0.25, 0.3) is 0 Å². The zero-order chi connectivity index (χ0) is 13.8. The van der Waals surface area contributed by atoms with E-state index < -0.39 is 21.8 Å². The van der Waals surface area contributed by atoms with Gasteiger partial charge in [0, 0.05) is 12.2 Å². The summed E-state index contributed by atoms with van der Waals surface area (Å²) in [5.41, 5.74) is 5.49. The van der Waals surface area contributed by atoms with Gasteiger partial charge in [-0.2, -0.15) is 0 Å². The fourth-order valence-electron chi connectivity index (χ4n) is 1.26. The Morgan fingerprint density at radius 3 is 2.39 bits per heavy atom. The quantitative estimate of drug-likeness (QED) is 0.661. The number of aliphatic hydroxyl groups excluding tert-OH is 1. The van der Waals surface area contributed by atoms with Gasteiger partial charge in [0.2, 0.25) is 5.91 Å². The number of carbonyl (C=O) groups excluding carboxylic acids is 1. The third kappa shape index (κ3) is 3.71. The van der Waals surface area contributed by atoms with Gasteiger partial charge in [0.1, 0.15) is 6.10 Å². The predicted octanol–water partition coefficient (Wildman–Crippen LogP) is -0.262. The van der Waals surface area contributed by atoms with Gasteiger partial charge in [-0.05, 0) is 24.3 Å². The summed E-state index contributed by atoms with van der Waals surface area (Å²) < 4.78 is 23.1. The molecule has 18 heavy (non-hydrogen) atoms. The molecule has 1 amide bonds. The highest BCUT2D eigenvalue weighted by atomic mass is 32.2. The topological polar surface area (TPSA) is 109 Å². The minimum absolute atomic E-state index is 0.0186. The van der Waals surface area contributed by atoms with Gasteiger partial charge < -0.3 is 16.2 Å². The van der Waals surface area contributed by atoms with E-state index in [0.29, 0.717) is 5.69 Å². The molecule has 1 unspecified atom stereocenters. The zero-order valence-corrected chi connectivity index (χ0v) is 10.8. The van der Waals surface area contributed by atoms with E-state index in [4.69, 9.17) is 5.73 Å². The second kappa shape index (κ2) is 5.83. The molecule has 1 atom stereocenters. The number of rotatable bonds is 6. The lowest BCUT2D eigenvalue weighted by Gasteiger charge is -2.10. The van der Waals surface area contributed by atoms with Gasteiger partial charge >= 0.3 is 0 Å². The van der Waals surface area contributed by atoms with Crippen molar-refractivity contribution in [2.45, 2.75) is 17.9 Å². The van der Waals surface area contributed by atoms with Crippen molar-refractivity contribution >= 4 is 21.4 Å². The molecule has 0 aliphatic rings. The van der Waals surface area contributed by atoms with Crippen molar-refractivity contribution < 1.29 is 18.3 Å². The van der Waals surface area contributed by atoms with Crippen LogP contribution >= 0.6 is 0 Å². The molecule has 1 aromatic rings. The van der Waals surface area contributed by atoms with Crippen molar-refractivity contribution in [2.75, 3.05) is 17.6 Å². The van der Waals surface area contributed by atoms with E-state index in [1.54, 1.807) is 19.1 Å². The standard InChI is InChI=1S/C11H16N2O4S/c1-2-18(16,17)9-5-3-8(4-6-9)13-7-10(14)11(12)15/h3-6,10,13-14H,2,7H2,1H3,(H2,12,15). The van der Waals surface area contributed by atoms with Crippen molar-refractivity contribution in [3.05, 3.63) is 24.3 Å². The summed E-state index contributed by atoms with van der Waals surface area (Å²) in [4.78, 5) is 10.8. The Bertz CT molecular complexity index is 510. The fraction of sp³-hybridized carbons (Fsp3) is 0.364. The van der Waals surface area contributed by atoms with Crippen LogP contribution in [0.5, 0.6) is 0 Å². The summed E-state index contributed by atoms with van der Waals surface area (Å²) in [5.74, 6) is -0.771. The van der Waals surface area contributed by atoms with Crippen LogP contribution < -0.4 is 11.1 Å². The first kappa shape index (κ1) is 14.5. The first-order chi connectivity index (χ1) is 8.36. The number of benzene rings is 1. The van der Waals surface area contributed by atoms with Crippen LogP contribution in [0.2, 0.25) is 0 Å². The Hall–Kier alpha value is -1.60. The van der Waals surface area contributed by atoms with Crippen molar-refractivity contribution in [1.82, 2.24) is 0 Å². The molecule has 1 rings (SSSR count). The number of anilines is 1. The van der Waals surface area contributed by atoms with Crippen molar-refractivity contribution in [3.63, 3.8) is 0 Å². The van der Waals surface area contributed by atoms with Crippen LogP contribution in [0.15, 0.2) is 29.2 Å². The van der Waals surface area contributed by atoms with E-state index in [2.05, 4.69) is 5.32 Å². The number of hydrogen-bond donors (Lipinski definition) is 3. The van der Waals surface area contributed by atoms with E-state index in [0.717, 1.165) is 0 Å². The fourth-order valence-corrected chi connectivity index (χ4v) is 2.15. The van der Waals surface area contributed by atoms with E-state index in [-0.39, 0.29) is 17.2 Å². The predicted molar refractivity (Wildman–Crippen MR) is 67.9 cm³/mol. The van der Waals surface area contributed by atoms with E-state index in [9.17, 15) is 18.3 Å². The molecule has 0 saturated carbocycles. The highest BCUT2D eigenvalue weighted by molar-refractivity contribution is 7.91. The molecule has 0 spiro atoms. The molecule has 0 fully saturated rings. The molecular formula is C11H16N2O4S. The van der Waals surface area contributed by atoms with Crippen LogP contribution in [0, 0.1) is 0 Å². The van der Waals surface area contributed by atoms with Gasteiger partial charge in [-0.1, -0.05) is 6.92 Å². The van der Waals surface area contributed by atoms with Gasteiger partial charge in [0.15, 0.2) is 9.84 Å². The lowest BCUT2D eigenvalue weighted by Crippen LogP contribution is -2.34. The van der Waals surface area contributed by atoms with Crippen molar-refractivity contribution in [1.29, 1.82) is 0 Å². The maximum Gasteiger partial charge on any atom is 0.248 e. The number of hydrogen-bond acceptors (Lipinski definition) is 5. The summed E-state index contributed by atoms with van der Waals surface area (Å²) in [6, 6.07) is 6.07. The Balaban J connectivity index is 2.70. The molecule has 0 bridgehead atoms. The third-order valence-electron chi connectivity index (χ3n) is 2.42. The van der Waals surface area contributed by atoms with Gasteiger partial charge in [-0.3, -0.25) is 4.79 Å². The Morgan fingerprint density at radius 1 is 1.39 bits per heavy atom. The average Bonchev–Trinajstić information content (AvgIpc) is 2.36. The van der Waals surface area contributed by atoms with Crippen LogP contribution in [-0.2, 0) is 14.6 Å². The van der Waals surface area contributed by atoms with Crippen LogP contribution in [0.25, 0.3) is 0 Å². The second-order valence-corrected chi connectivity index (χ2v) is 6.01. The van der Waals surface area contributed by atoms with Gasteiger partial charge in [-0.15, -0.1) is 0 Å². The molecule has 0 aromatic heterocycles. The number of carbonyl (C=O) groups is 1. The molecule has 0 aliphatic heterocycles. The lowest BCUT2D eigenvalue weighted by molar-refractivity contribution is -0.125. The Kier molecular flexibility index (Phi) is 4.69. The van der Waals surface area contributed by atoms with Gasteiger partial charge in [0.05, 0.1) is 10.6 Å². The molecule has 0 heterocycles. The van der Waals surface area contributed by atoms with Crippen molar-refractivity contribution in [3.8, 4) is 0 Å². The number of sulfone groups is 1. The maximum atomic E-state index is 11.5. The largest absolute Gasteiger partial charge is 0.382 e. The molecule has 6 nitrogen and oxygen atoms in total. The monoisotopic (exact) mass is 272 g/mol. The van der Waals surface area contributed by atoms with Crippen LogP contribution in [-0.4, -0.2) is 37.8 Å². The second-order valence-electron chi connectivity index (χ2n) is 3.73. The molecule has 4 N–H and O–H groups in total. The van der Waals surface area contributed by atoms with E-state index in [1.807, 2.05) is 0 Å². The number of aliphatic hydroxyl groups is 1. The summed E-state index contributed by atoms with van der Waals surface area (Å²) in [5, 5.41) is 12.0.